The first kappa shape index (κ1) is 17.3. The van der Waals surface area contributed by atoms with Gasteiger partial charge in [-0.1, -0.05) is 13.8 Å². The Morgan fingerprint density at radius 2 is 1.38 bits per heavy atom. The summed E-state index contributed by atoms with van der Waals surface area (Å²) in [6, 6.07) is 0. The van der Waals surface area contributed by atoms with Crippen LogP contribution in [0, 0.1) is 0 Å². The standard InChI is InChI=1S/C16H33BN2O2/c1-15(2,3)18-8-6-13(20-11-18)10-14-7-9-19(12-21-14)16(4,5)17/h13-14H,6-12,17H2,1-5H3. The lowest BCUT2D eigenvalue weighted by atomic mass is 9.80. The molecule has 0 aromatic rings. The number of ether oxygens (including phenoxy) is 2. The van der Waals surface area contributed by atoms with Gasteiger partial charge in [0.05, 0.1) is 25.7 Å². The molecule has 2 saturated heterocycles. The Kier molecular flexibility index (Phi) is 5.40. The second-order valence-corrected chi connectivity index (χ2v) is 8.52. The van der Waals surface area contributed by atoms with E-state index in [1.165, 1.54) is 0 Å². The van der Waals surface area contributed by atoms with Gasteiger partial charge in [0.1, 0.15) is 7.85 Å². The van der Waals surface area contributed by atoms with E-state index in [4.69, 9.17) is 9.47 Å². The Bertz CT molecular complexity index is 290. The molecule has 0 aromatic heterocycles. The van der Waals surface area contributed by atoms with Crippen LogP contribution in [0.25, 0.3) is 0 Å². The molecule has 0 N–H and O–H groups in total. The normalized spacial score (nSPS) is 30.5. The zero-order valence-corrected chi connectivity index (χ0v) is 14.8. The monoisotopic (exact) mass is 296 g/mol. The van der Waals surface area contributed by atoms with Crippen molar-refractivity contribution in [2.24, 2.45) is 0 Å². The molecule has 2 atom stereocenters. The fourth-order valence-electron chi connectivity index (χ4n) is 3.01. The molecule has 2 aliphatic rings. The van der Waals surface area contributed by atoms with Crippen molar-refractivity contribution in [3.05, 3.63) is 0 Å². The Morgan fingerprint density at radius 3 is 1.71 bits per heavy atom. The molecule has 2 aliphatic heterocycles. The largest absolute Gasteiger partial charge is 0.363 e. The fourth-order valence-corrected chi connectivity index (χ4v) is 3.01. The molecule has 0 saturated carbocycles. The third-order valence-electron chi connectivity index (χ3n) is 4.80. The Labute approximate surface area is 131 Å². The molecule has 0 amide bonds. The van der Waals surface area contributed by atoms with Crippen LogP contribution >= 0.6 is 0 Å². The maximum Gasteiger partial charge on any atom is 0.127 e. The van der Waals surface area contributed by atoms with Crippen LogP contribution in [-0.4, -0.2) is 67.4 Å². The van der Waals surface area contributed by atoms with Crippen LogP contribution in [0.15, 0.2) is 0 Å². The van der Waals surface area contributed by atoms with E-state index >= 15 is 0 Å². The fraction of sp³-hybridized carbons (Fsp3) is 1.00. The summed E-state index contributed by atoms with van der Waals surface area (Å²) in [4.78, 5) is 4.82. The van der Waals surface area contributed by atoms with Gasteiger partial charge in [0.2, 0.25) is 0 Å². The molecule has 5 heteroatoms. The van der Waals surface area contributed by atoms with Gasteiger partial charge in [-0.15, -0.1) is 0 Å². The first-order valence-electron chi connectivity index (χ1n) is 8.39. The maximum absolute atomic E-state index is 6.05. The van der Waals surface area contributed by atoms with E-state index in [0.717, 1.165) is 45.8 Å². The van der Waals surface area contributed by atoms with Crippen LogP contribution in [0.3, 0.4) is 0 Å². The third-order valence-corrected chi connectivity index (χ3v) is 4.80. The van der Waals surface area contributed by atoms with Crippen LogP contribution in [0.4, 0.5) is 0 Å². The molecule has 21 heavy (non-hydrogen) atoms. The van der Waals surface area contributed by atoms with Gasteiger partial charge in [-0.3, -0.25) is 9.80 Å². The second kappa shape index (κ2) is 6.57. The van der Waals surface area contributed by atoms with Gasteiger partial charge in [-0.2, -0.15) is 0 Å². The van der Waals surface area contributed by atoms with Crippen molar-refractivity contribution in [2.45, 2.75) is 77.1 Å². The van der Waals surface area contributed by atoms with Crippen LogP contribution in [0.1, 0.15) is 53.9 Å². The second-order valence-electron chi connectivity index (χ2n) is 8.52. The summed E-state index contributed by atoms with van der Waals surface area (Å²) in [5.41, 5.74) is 0.416. The highest BCUT2D eigenvalue weighted by molar-refractivity contribution is 6.14. The van der Waals surface area contributed by atoms with Crippen molar-refractivity contribution < 1.29 is 9.47 Å². The third kappa shape index (κ3) is 4.95. The van der Waals surface area contributed by atoms with Gasteiger partial charge < -0.3 is 9.47 Å². The summed E-state index contributed by atoms with van der Waals surface area (Å²) in [5.74, 6) is 0. The van der Waals surface area contributed by atoms with Gasteiger partial charge in [-0.25, -0.2) is 0 Å². The minimum absolute atomic E-state index is 0.208. The SMILES string of the molecule is BC(C)(C)N1CCC(CC2CCN(C(C)(C)C)CO2)OC1. The van der Waals surface area contributed by atoms with E-state index in [0.29, 0.717) is 12.2 Å². The number of hydrogen-bond acceptors (Lipinski definition) is 4. The highest BCUT2D eigenvalue weighted by Gasteiger charge is 2.32. The lowest BCUT2D eigenvalue weighted by Crippen LogP contribution is -2.52. The van der Waals surface area contributed by atoms with E-state index in [1.54, 1.807) is 0 Å². The van der Waals surface area contributed by atoms with Crippen LogP contribution in [0.2, 0.25) is 0 Å². The Balaban J connectivity index is 1.71. The summed E-state index contributed by atoms with van der Waals surface area (Å²) >= 11 is 0. The molecular formula is C16H33BN2O2. The Morgan fingerprint density at radius 1 is 0.905 bits per heavy atom. The highest BCUT2D eigenvalue weighted by atomic mass is 16.5. The molecule has 2 heterocycles. The first-order valence-corrected chi connectivity index (χ1v) is 8.39. The summed E-state index contributed by atoms with van der Waals surface area (Å²) < 4.78 is 12.1. The first-order chi connectivity index (χ1) is 9.66. The van der Waals surface area contributed by atoms with Crippen LogP contribution < -0.4 is 0 Å². The molecule has 122 valence electrons. The molecule has 2 rings (SSSR count). The maximum atomic E-state index is 6.05. The molecule has 0 aromatic carbocycles. The summed E-state index contributed by atoms with van der Waals surface area (Å²) in [6.45, 7) is 15.0. The summed E-state index contributed by atoms with van der Waals surface area (Å²) in [5, 5.41) is 0. The lowest BCUT2D eigenvalue weighted by Gasteiger charge is -2.43. The van der Waals surface area contributed by atoms with E-state index in [2.05, 4.69) is 52.3 Å². The Hall–Kier alpha value is -0.0951. The minimum Gasteiger partial charge on any atom is -0.363 e. The van der Waals surface area contributed by atoms with Crippen molar-refractivity contribution in [1.82, 2.24) is 9.80 Å². The van der Waals surface area contributed by atoms with Gasteiger partial charge in [-0.05, 0) is 45.5 Å². The molecule has 0 aliphatic carbocycles. The molecule has 2 fully saturated rings. The zero-order chi connectivity index (χ0) is 15.7. The predicted molar refractivity (Wildman–Crippen MR) is 89.1 cm³/mol. The number of nitrogens with zero attached hydrogens (tertiary/aromatic N) is 2. The minimum atomic E-state index is 0.208. The van der Waals surface area contributed by atoms with Crippen molar-refractivity contribution in [2.75, 3.05) is 26.6 Å². The summed E-state index contributed by atoms with van der Waals surface area (Å²) in [7, 11) is 2.25. The molecule has 4 nitrogen and oxygen atoms in total. The topological polar surface area (TPSA) is 24.9 Å². The van der Waals surface area contributed by atoms with E-state index in [-0.39, 0.29) is 11.0 Å². The van der Waals surface area contributed by atoms with E-state index < -0.39 is 0 Å². The molecule has 2 unspecified atom stereocenters. The number of hydrogen-bond donors (Lipinski definition) is 0. The van der Waals surface area contributed by atoms with E-state index in [1.807, 2.05) is 0 Å². The molecule has 0 bridgehead atoms. The van der Waals surface area contributed by atoms with Crippen molar-refractivity contribution >= 4 is 7.85 Å². The molecule has 0 spiro atoms. The molecular weight excluding hydrogens is 263 g/mol. The predicted octanol–water partition coefficient (Wildman–Crippen LogP) is 1.64. The quantitative estimate of drug-likeness (QED) is 0.739. The van der Waals surface area contributed by atoms with Crippen molar-refractivity contribution in [1.29, 1.82) is 0 Å². The summed E-state index contributed by atoms with van der Waals surface area (Å²) in [6.07, 6.45) is 4.04. The average molecular weight is 296 g/mol. The highest BCUT2D eigenvalue weighted by Crippen LogP contribution is 2.25. The number of rotatable bonds is 3. The van der Waals surface area contributed by atoms with Crippen molar-refractivity contribution in [3.8, 4) is 0 Å². The molecule has 0 radical (unpaired) electrons. The van der Waals surface area contributed by atoms with Crippen LogP contribution in [0.5, 0.6) is 0 Å². The smallest absolute Gasteiger partial charge is 0.127 e. The van der Waals surface area contributed by atoms with Crippen molar-refractivity contribution in [3.63, 3.8) is 0 Å². The van der Waals surface area contributed by atoms with Gasteiger partial charge in [0.15, 0.2) is 0 Å². The van der Waals surface area contributed by atoms with Gasteiger partial charge >= 0.3 is 0 Å². The van der Waals surface area contributed by atoms with Crippen LogP contribution in [-0.2, 0) is 9.47 Å². The van der Waals surface area contributed by atoms with E-state index in [9.17, 15) is 0 Å². The zero-order valence-electron chi connectivity index (χ0n) is 14.8. The van der Waals surface area contributed by atoms with Gasteiger partial charge in [0, 0.05) is 18.6 Å². The lowest BCUT2D eigenvalue weighted by molar-refractivity contribution is -0.138. The average Bonchev–Trinajstić information content (AvgIpc) is 2.38. The van der Waals surface area contributed by atoms with Gasteiger partial charge in [0.25, 0.3) is 0 Å².